The molecule has 27 heavy (non-hydrogen) atoms. The second-order valence-corrected chi connectivity index (χ2v) is 8.51. The standard InChI is InChI=1S/C20H33N3O2S.HI/c1-3-21-19(22-14-16-26(24)18-9-5-4-6-10-18)23-17-20(13-15-25-2)11-7-8-12-20;/h4-6,9-10H,3,7-8,11-17H2,1-2H3,(H2,21,22,23);1H. The largest absolute Gasteiger partial charge is 0.385 e. The summed E-state index contributed by atoms with van der Waals surface area (Å²) in [5, 5.41) is 6.64. The van der Waals surface area contributed by atoms with Crippen molar-refractivity contribution >= 4 is 40.7 Å². The Kier molecular flexibility index (Phi) is 12.2. The summed E-state index contributed by atoms with van der Waals surface area (Å²) in [7, 11) is 0.784. The molecule has 0 amide bonds. The van der Waals surface area contributed by atoms with Crippen LogP contribution < -0.4 is 10.6 Å². The van der Waals surface area contributed by atoms with Crippen LogP contribution in [0.5, 0.6) is 0 Å². The molecule has 1 fully saturated rings. The molecule has 0 bridgehead atoms. The number of benzene rings is 1. The van der Waals surface area contributed by atoms with Gasteiger partial charge in [-0.2, -0.15) is 0 Å². The fourth-order valence-corrected chi connectivity index (χ4v) is 4.46. The average molecular weight is 507 g/mol. The van der Waals surface area contributed by atoms with Gasteiger partial charge in [-0.25, -0.2) is 0 Å². The molecule has 1 saturated carbocycles. The molecular weight excluding hydrogens is 473 g/mol. The molecule has 0 aromatic heterocycles. The summed E-state index contributed by atoms with van der Waals surface area (Å²) in [5.74, 6) is 1.39. The summed E-state index contributed by atoms with van der Waals surface area (Å²) in [5.41, 5.74) is 0.283. The van der Waals surface area contributed by atoms with E-state index in [0.717, 1.165) is 37.0 Å². The first-order valence-electron chi connectivity index (χ1n) is 9.64. The molecule has 2 N–H and O–H groups in total. The number of halogens is 1. The van der Waals surface area contributed by atoms with Gasteiger partial charge in [-0.15, -0.1) is 24.0 Å². The molecule has 1 unspecified atom stereocenters. The third-order valence-electron chi connectivity index (χ3n) is 5.00. The quantitative estimate of drug-likeness (QED) is 0.289. The molecule has 154 valence electrons. The number of hydrogen-bond acceptors (Lipinski definition) is 3. The predicted molar refractivity (Wildman–Crippen MR) is 125 cm³/mol. The van der Waals surface area contributed by atoms with Gasteiger partial charge in [0.15, 0.2) is 5.96 Å². The smallest absolute Gasteiger partial charge is 0.191 e. The maximum atomic E-state index is 12.3. The molecule has 1 aliphatic rings. The third kappa shape index (κ3) is 8.48. The Bertz CT molecular complexity index is 578. The van der Waals surface area contributed by atoms with Gasteiger partial charge in [0, 0.05) is 44.0 Å². The normalized spacial score (nSPS) is 17.2. The molecule has 0 saturated heterocycles. The Hall–Kier alpha value is -0.670. The molecule has 1 aromatic rings. The first kappa shape index (κ1) is 24.4. The van der Waals surface area contributed by atoms with E-state index >= 15 is 0 Å². The van der Waals surface area contributed by atoms with Gasteiger partial charge in [0.2, 0.25) is 0 Å². The number of nitrogens with one attached hydrogen (secondary N) is 2. The van der Waals surface area contributed by atoms with Crippen molar-refractivity contribution in [2.24, 2.45) is 10.4 Å². The van der Waals surface area contributed by atoms with Crippen LogP contribution in [0.25, 0.3) is 0 Å². The molecule has 0 spiro atoms. The van der Waals surface area contributed by atoms with Gasteiger partial charge < -0.3 is 15.4 Å². The number of rotatable bonds is 10. The van der Waals surface area contributed by atoms with Crippen LogP contribution in [-0.2, 0) is 15.5 Å². The van der Waals surface area contributed by atoms with Crippen LogP contribution >= 0.6 is 24.0 Å². The molecule has 1 aliphatic carbocycles. The van der Waals surface area contributed by atoms with Crippen molar-refractivity contribution in [1.29, 1.82) is 0 Å². The second kappa shape index (κ2) is 13.5. The fraction of sp³-hybridized carbons (Fsp3) is 0.650. The lowest BCUT2D eigenvalue weighted by Gasteiger charge is -2.27. The minimum Gasteiger partial charge on any atom is -0.385 e. The summed E-state index contributed by atoms with van der Waals surface area (Å²) >= 11 is 0. The predicted octanol–water partition coefficient (Wildman–Crippen LogP) is 3.56. The highest BCUT2D eigenvalue weighted by atomic mass is 127. The van der Waals surface area contributed by atoms with Crippen molar-refractivity contribution in [3.63, 3.8) is 0 Å². The van der Waals surface area contributed by atoms with E-state index in [0.29, 0.717) is 12.3 Å². The lowest BCUT2D eigenvalue weighted by molar-refractivity contribution is 0.141. The van der Waals surface area contributed by atoms with Crippen LogP contribution in [-0.4, -0.2) is 49.3 Å². The van der Waals surface area contributed by atoms with Gasteiger partial charge in [0.1, 0.15) is 0 Å². The number of guanidine groups is 1. The highest BCUT2D eigenvalue weighted by Gasteiger charge is 2.33. The third-order valence-corrected chi connectivity index (χ3v) is 6.38. The van der Waals surface area contributed by atoms with E-state index in [-0.39, 0.29) is 29.4 Å². The maximum Gasteiger partial charge on any atom is 0.191 e. The van der Waals surface area contributed by atoms with E-state index in [1.165, 1.54) is 25.7 Å². The van der Waals surface area contributed by atoms with Crippen molar-refractivity contribution in [2.75, 3.05) is 39.1 Å². The van der Waals surface area contributed by atoms with E-state index in [2.05, 4.69) is 17.6 Å². The van der Waals surface area contributed by atoms with Crippen LogP contribution in [0.3, 0.4) is 0 Å². The molecule has 0 heterocycles. The van der Waals surface area contributed by atoms with Crippen molar-refractivity contribution in [2.45, 2.75) is 43.9 Å². The molecule has 7 heteroatoms. The molecular formula is C20H34IN3O2S. The summed E-state index contributed by atoms with van der Waals surface area (Å²) in [6, 6.07) is 9.61. The highest BCUT2D eigenvalue weighted by Crippen LogP contribution is 2.41. The molecule has 1 atom stereocenters. The minimum absolute atomic E-state index is 0. The number of ether oxygens (including phenoxy) is 1. The van der Waals surface area contributed by atoms with Crippen molar-refractivity contribution in [1.82, 2.24) is 10.6 Å². The van der Waals surface area contributed by atoms with E-state index < -0.39 is 10.8 Å². The monoisotopic (exact) mass is 507 g/mol. The Labute approximate surface area is 183 Å². The van der Waals surface area contributed by atoms with Crippen LogP contribution in [0.1, 0.15) is 39.0 Å². The fourth-order valence-electron chi connectivity index (χ4n) is 3.47. The first-order valence-corrected chi connectivity index (χ1v) is 11.0. The number of aliphatic imine (C=N–C) groups is 1. The van der Waals surface area contributed by atoms with Crippen LogP contribution in [0.4, 0.5) is 0 Å². The Morgan fingerprint density at radius 3 is 2.56 bits per heavy atom. The van der Waals surface area contributed by atoms with Crippen molar-refractivity contribution < 1.29 is 8.95 Å². The van der Waals surface area contributed by atoms with E-state index in [1.54, 1.807) is 7.11 Å². The van der Waals surface area contributed by atoms with Gasteiger partial charge in [-0.1, -0.05) is 31.0 Å². The van der Waals surface area contributed by atoms with Crippen LogP contribution in [0.2, 0.25) is 0 Å². The summed E-state index contributed by atoms with van der Waals surface area (Å²) in [4.78, 5) is 5.71. The number of methoxy groups -OCH3 is 1. The van der Waals surface area contributed by atoms with Crippen LogP contribution in [0.15, 0.2) is 40.2 Å². The number of hydrogen-bond donors (Lipinski definition) is 2. The Morgan fingerprint density at radius 2 is 1.93 bits per heavy atom. The van der Waals surface area contributed by atoms with Crippen molar-refractivity contribution in [3.05, 3.63) is 30.3 Å². The zero-order valence-electron chi connectivity index (χ0n) is 16.5. The maximum absolute atomic E-state index is 12.3. The number of nitrogens with zero attached hydrogens (tertiary/aromatic N) is 1. The van der Waals surface area contributed by atoms with Gasteiger partial charge in [-0.05, 0) is 43.7 Å². The summed E-state index contributed by atoms with van der Waals surface area (Å²) in [6.07, 6.45) is 6.12. The first-order chi connectivity index (χ1) is 12.7. The molecule has 1 aromatic carbocycles. The van der Waals surface area contributed by atoms with Gasteiger partial charge in [0.25, 0.3) is 0 Å². The summed E-state index contributed by atoms with van der Waals surface area (Å²) in [6.45, 7) is 5.15. The van der Waals surface area contributed by atoms with Gasteiger partial charge >= 0.3 is 0 Å². The van der Waals surface area contributed by atoms with Gasteiger partial charge in [0.05, 0.1) is 10.8 Å². The molecule has 0 aliphatic heterocycles. The van der Waals surface area contributed by atoms with E-state index in [9.17, 15) is 4.21 Å². The zero-order valence-corrected chi connectivity index (χ0v) is 19.7. The Morgan fingerprint density at radius 1 is 1.22 bits per heavy atom. The molecule has 0 radical (unpaired) electrons. The van der Waals surface area contributed by atoms with E-state index in [4.69, 9.17) is 9.73 Å². The van der Waals surface area contributed by atoms with E-state index in [1.807, 2.05) is 30.3 Å². The Balaban J connectivity index is 0.00000364. The summed E-state index contributed by atoms with van der Waals surface area (Å²) < 4.78 is 17.6. The lowest BCUT2D eigenvalue weighted by Crippen LogP contribution is -2.40. The zero-order chi connectivity index (χ0) is 18.7. The minimum atomic E-state index is -0.984. The van der Waals surface area contributed by atoms with Crippen molar-refractivity contribution in [3.8, 4) is 0 Å². The molecule has 2 rings (SSSR count). The topological polar surface area (TPSA) is 62.7 Å². The average Bonchev–Trinajstić information content (AvgIpc) is 3.14. The second-order valence-electron chi connectivity index (χ2n) is 6.93. The SMILES string of the molecule is CCNC(=NCC1(CCOC)CCCC1)NCCS(=O)c1ccccc1.I. The molecule has 5 nitrogen and oxygen atoms in total. The highest BCUT2D eigenvalue weighted by molar-refractivity contribution is 14.0. The van der Waals surface area contributed by atoms with Gasteiger partial charge in [-0.3, -0.25) is 9.20 Å². The van der Waals surface area contributed by atoms with Crippen LogP contribution in [0, 0.1) is 5.41 Å². The lowest BCUT2D eigenvalue weighted by atomic mass is 9.83.